The fraction of sp³-hybridized carbons (Fsp3) is 0.900. The van der Waals surface area contributed by atoms with Crippen molar-refractivity contribution in [3.63, 3.8) is 0 Å². The van der Waals surface area contributed by atoms with Gasteiger partial charge in [0.25, 0.3) is 0 Å². The van der Waals surface area contributed by atoms with Crippen molar-refractivity contribution >= 4 is 5.97 Å². The van der Waals surface area contributed by atoms with Gasteiger partial charge >= 0.3 is 0 Å². The lowest BCUT2D eigenvalue weighted by atomic mass is 10.2. The second-order valence-corrected chi connectivity index (χ2v) is 3.48. The van der Waals surface area contributed by atoms with Crippen LogP contribution in [0.3, 0.4) is 0 Å². The molecule has 0 rings (SSSR count). The van der Waals surface area contributed by atoms with E-state index < -0.39 is 5.97 Å². The Balaban J connectivity index is 3.49. The van der Waals surface area contributed by atoms with Gasteiger partial charge in [-0.3, -0.25) is 0 Å². The SMILES string of the molecule is CCC[NH+](CCC)CCCC(=O)[O-]. The lowest BCUT2D eigenvalue weighted by Crippen LogP contribution is -3.12. The first-order valence-electron chi connectivity index (χ1n) is 5.24. The summed E-state index contributed by atoms with van der Waals surface area (Å²) in [5.74, 6) is -0.924. The number of nitrogens with one attached hydrogen (secondary N) is 1. The largest absolute Gasteiger partial charge is 0.550 e. The van der Waals surface area contributed by atoms with E-state index in [1.54, 1.807) is 0 Å². The van der Waals surface area contributed by atoms with E-state index in [0.29, 0.717) is 0 Å². The molecule has 13 heavy (non-hydrogen) atoms. The van der Waals surface area contributed by atoms with Crippen molar-refractivity contribution in [1.82, 2.24) is 0 Å². The Morgan fingerprint density at radius 3 is 2.08 bits per heavy atom. The monoisotopic (exact) mass is 187 g/mol. The first-order valence-corrected chi connectivity index (χ1v) is 5.24. The van der Waals surface area contributed by atoms with E-state index in [0.717, 1.165) is 26.1 Å². The summed E-state index contributed by atoms with van der Waals surface area (Å²) in [5, 5.41) is 10.2. The number of carboxylic acid groups (broad SMARTS) is 1. The second kappa shape index (κ2) is 8.05. The van der Waals surface area contributed by atoms with E-state index in [4.69, 9.17) is 0 Å². The van der Waals surface area contributed by atoms with Gasteiger partial charge in [0.05, 0.1) is 19.6 Å². The molecule has 0 amide bonds. The molecule has 0 aromatic heterocycles. The van der Waals surface area contributed by atoms with E-state index >= 15 is 0 Å². The Labute approximate surface area is 80.7 Å². The first kappa shape index (κ1) is 12.4. The number of aliphatic carboxylic acids is 1. The Morgan fingerprint density at radius 1 is 1.15 bits per heavy atom. The second-order valence-electron chi connectivity index (χ2n) is 3.48. The summed E-state index contributed by atoms with van der Waals surface area (Å²) < 4.78 is 0. The molecule has 0 atom stereocenters. The van der Waals surface area contributed by atoms with Crippen LogP contribution in [0.1, 0.15) is 39.5 Å². The molecular weight excluding hydrogens is 166 g/mol. The maximum absolute atomic E-state index is 10.2. The summed E-state index contributed by atoms with van der Waals surface area (Å²) in [7, 11) is 0. The molecule has 0 unspecified atom stereocenters. The van der Waals surface area contributed by atoms with Crippen molar-refractivity contribution in [3.8, 4) is 0 Å². The highest BCUT2D eigenvalue weighted by atomic mass is 16.4. The highest BCUT2D eigenvalue weighted by Gasteiger charge is 2.04. The van der Waals surface area contributed by atoms with Crippen molar-refractivity contribution in [1.29, 1.82) is 0 Å². The molecule has 3 nitrogen and oxygen atoms in total. The average Bonchev–Trinajstić information content (AvgIpc) is 2.04. The third-order valence-corrected chi connectivity index (χ3v) is 2.12. The molecule has 0 bridgehead atoms. The zero-order valence-corrected chi connectivity index (χ0v) is 8.77. The Hall–Kier alpha value is -0.570. The summed E-state index contributed by atoms with van der Waals surface area (Å²) >= 11 is 0. The molecule has 0 aliphatic heterocycles. The summed E-state index contributed by atoms with van der Waals surface area (Å²) in [4.78, 5) is 11.7. The molecule has 78 valence electrons. The molecule has 0 spiro atoms. The lowest BCUT2D eigenvalue weighted by Gasteiger charge is -2.17. The third kappa shape index (κ3) is 7.78. The summed E-state index contributed by atoms with van der Waals surface area (Å²) in [5.41, 5.74) is 0. The van der Waals surface area contributed by atoms with Crippen LogP contribution in [0.15, 0.2) is 0 Å². The molecule has 0 saturated heterocycles. The van der Waals surface area contributed by atoms with Gasteiger partial charge in [-0.15, -0.1) is 0 Å². The topological polar surface area (TPSA) is 44.6 Å². The Morgan fingerprint density at radius 2 is 1.69 bits per heavy atom. The molecule has 0 aromatic carbocycles. The van der Waals surface area contributed by atoms with Crippen LogP contribution in [0, 0.1) is 0 Å². The number of hydrogen-bond acceptors (Lipinski definition) is 2. The quantitative estimate of drug-likeness (QED) is 0.542. The molecule has 0 aromatic rings. The normalized spacial score (nSPS) is 10.7. The molecule has 0 saturated carbocycles. The van der Waals surface area contributed by atoms with Crippen LogP contribution in [0.5, 0.6) is 0 Å². The van der Waals surface area contributed by atoms with Crippen molar-refractivity contribution < 1.29 is 14.8 Å². The van der Waals surface area contributed by atoms with Gasteiger partial charge in [0, 0.05) is 12.4 Å². The minimum Gasteiger partial charge on any atom is -0.550 e. The van der Waals surface area contributed by atoms with Gasteiger partial charge in [-0.25, -0.2) is 0 Å². The highest BCUT2D eigenvalue weighted by molar-refractivity contribution is 5.64. The minimum absolute atomic E-state index is 0.205. The Bertz CT molecular complexity index is 131. The van der Waals surface area contributed by atoms with Gasteiger partial charge in [-0.05, 0) is 19.3 Å². The maximum atomic E-state index is 10.2. The third-order valence-electron chi connectivity index (χ3n) is 2.12. The summed E-state index contributed by atoms with van der Waals surface area (Å²) in [6.07, 6.45) is 3.29. The van der Waals surface area contributed by atoms with Crippen molar-refractivity contribution in [2.24, 2.45) is 0 Å². The maximum Gasteiger partial charge on any atom is 0.0774 e. The zero-order valence-electron chi connectivity index (χ0n) is 8.77. The van der Waals surface area contributed by atoms with E-state index in [-0.39, 0.29) is 6.42 Å². The number of carbonyl (C=O) groups is 1. The fourth-order valence-electron chi connectivity index (χ4n) is 1.56. The van der Waals surface area contributed by atoms with Gasteiger partial charge in [0.2, 0.25) is 0 Å². The minimum atomic E-state index is -0.924. The van der Waals surface area contributed by atoms with Crippen molar-refractivity contribution in [2.45, 2.75) is 39.5 Å². The zero-order chi connectivity index (χ0) is 10.1. The van der Waals surface area contributed by atoms with Gasteiger partial charge in [0.1, 0.15) is 0 Å². The van der Waals surface area contributed by atoms with E-state index in [1.807, 2.05) is 0 Å². The van der Waals surface area contributed by atoms with E-state index in [1.165, 1.54) is 17.7 Å². The predicted molar refractivity (Wildman–Crippen MR) is 50.4 cm³/mol. The molecule has 1 N–H and O–H groups in total. The summed E-state index contributed by atoms with van der Waals surface area (Å²) in [6.45, 7) is 7.60. The fourth-order valence-corrected chi connectivity index (χ4v) is 1.56. The van der Waals surface area contributed by atoms with Crippen LogP contribution in [-0.2, 0) is 4.79 Å². The number of rotatable bonds is 8. The van der Waals surface area contributed by atoms with Gasteiger partial charge < -0.3 is 14.8 Å². The van der Waals surface area contributed by atoms with Crippen LogP contribution >= 0.6 is 0 Å². The number of hydrogen-bond donors (Lipinski definition) is 1. The van der Waals surface area contributed by atoms with Crippen molar-refractivity contribution in [3.05, 3.63) is 0 Å². The summed E-state index contributed by atoms with van der Waals surface area (Å²) in [6, 6.07) is 0. The predicted octanol–water partition coefficient (Wildman–Crippen LogP) is -0.779. The number of quaternary nitrogens is 1. The highest BCUT2D eigenvalue weighted by Crippen LogP contribution is 1.82. The lowest BCUT2D eigenvalue weighted by molar-refractivity contribution is -0.900. The number of carboxylic acids is 1. The Kier molecular flexibility index (Phi) is 7.69. The van der Waals surface area contributed by atoms with Crippen molar-refractivity contribution in [2.75, 3.05) is 19.6 Å². The first-order chi connectivity index (χ1) is 6.20. The molecule has 0 radical (unpaired) electrons. The van der Waals surface area contributed by atoms with Gasteiger partial charge in [-0.2, -0.15) is 0 Å². The molecule has 0 aliphatic rings. The van der Waals surface area contributed by atoms with Gasteiger partial charge in [0.15, 0.2) is 0 Å². The van der Waals surface area contributed by atoms with Gasteiger partial charge in [-0.1, -0.05) is 13.8 Å². The smallest absolute Gasteiger partial charge is 0.0774 e. The van der Waals surface area contributed by atoms with Crippen LogP contribution in [0.4, 0.5) is 0 Å². The van der Waals surface area contributed by atoms with Crippen LogP contribution in [-0.4, -0.2) is 25.6 Å². The molecular formula is C10H21NO2. The molecule has 0 aliphatic carbocycles. The van der Waals surface area contributed by atoms with Crippen LogP contribution in [0.2, 0.25) is 0 Å². The van der Waals surface area contributed by atoms with Crippen LogP contribution < -0.4 is 10.0 Å². The molecule has 3 heteroatoms. The van der Waals surface area contributed by atoms with Crippen LogP contribution in [0.25, 0.3) is 0 Å². The van der Waals surface area contributed by atoms with E-state index in [2.05, 4.69) is 13.8 Å². The standard InChI is InChI=1S/C10H21NO2/c1-3-7-11(8-4-2)9-5-6-10(12)13/h3-9H2,1-2H3,(H,12,13). The van der Waals surface area contributed by atoms with E-state index in [9.17, 15) is 9.90 Å². The molecule has 0 fully saturated rings. The molecule has 0 heterocycles. The number of carbonyl (C=O) groups excluding carboxylic acids is 1. The average molecular weight is 187 g/mol.